The SMILES string of the molecule is N=IC1CCC(F)(F)CC1. The molecule has 0 spiro atoms. The standard InChI is InChI=1S/C6H10F2IN/c7-6(8)3-1-5(9-10)2-4-6/h5,10H,1-4H2. The molecular formula is C6H10F2IN. The molecule has 1 rings (SSSR count). The Hall–Kier alpha value is 0.390. The number of nitrogens with one attached hydrogen (secondary N) is 1. The van der Waals surface area contributed by atoms with Crippen LogP contribution in [0, 0.1) is 3.56 Å². The molecule has 0 aromatic rings. The average Bonchev–Trinajstić information content (AvgIpc) is 1.88. The van der Waals surface area contributed by atoms with E-state index >= 15 is 0 Å². The molecule has 0 bridgehead atoms. The molecule has 0 unspecified atom stereocenters. The van der Waals surface area contributed by atoms with E-state index in [-0.39, 0.29) is 12.8 Å². The Morgan fingerprint density at radius 1 is 1.30 bits per heavy atom. The quantitative estimate of drug-likeness (QED) is 0.553. The first kappa shape index (κ1) is 8.49. The summed E-state index contributed by atoms with van der Waals surface area (Å²) < 4.78 is 32.4. The smallest absolute Gasteiger partial charge is 0.248 e. The van der Waals surface area contributed by atoms with Gasteiger partial charge in [0.2, 0.25) is 5.92 Å². The summed E-state index contributed by atoms with van der Waals surface area (Å²) in [5, 5.41) is 0. The average molecular weight is 261 g/mol. The minimum Gasteiger partial charge on any atom is -0.278 e. The van der Waals surface area contributed by atoms with Gasteiger partial charge in [0.05, 0.1) is 0 Å². The van der Waals surface area contributed by atoms with Crippen molar-refractivity contribution in [3.05, 3.63) is 0 Å². The first-order valence-corrected chi connectivity index (χ1v) is 5.63. The lowest BCUT2D eigenvalue weighted by molar-refractivity contribution is -0.0314. The van der Waals surface area contributed by atoms with Crippen molar-refractivity contribution >= 4 is 21.0 Å². The summed E-state index contributed by atoms with van der Waals surface area (Å²) in [6, 6.07) is 0. The summed E-state index contributed by atoms with van der Waals surface area (Å²) in [5.74, 6) is -2.41. The van der Waals surface area contributed by atoms with Crippen LogP contribution in [0.15, 0.2) is 0 Å². The highest BCUT2D eigenvalue weighted by molar-refractivity contribution is 14.1. The Morgan fingerprint density at radius 2 is 1.80 bits per heavy atom. The van der Waals surface area contributed by atoms with Crippen LogP contribution in [-0.2, 0) is 0 Å². The molecule has 1 nitrogen and oxygen atoms in total. The van der Waals surface area contributed by atoms with E-state index in [2.05, 4.69) is 0 Å². The van der Waals surface area contributed by atoms with E-state index in [0.717, 1.165) is 0 Å². The van der Waals surface area contributed by atoms with Gasteiger partial charge in [0.15, 0.2) is 0 Å². The highest BCUT2D eigenvalue weighted by atomic mass is 127. The van der Waals surface area contributed by atoms with E-state index in [1.807, 2.05) is 0 Å². The summed E-state index contributed by atoms with van der Waals surface area (Å²) in [6.07, 6.45) is 1.22. The summed E-state index contributed by atoms with van der Waals surface area (Å²) >= 11 is -0.539. The van der Waals surface area contributed by atoms with Crippen LogP contribution in [-0.4, -0.2) is 9.85 Å². The second-order valence-electron chi connectivity index (χ2n) is 2.64. The minimum absolute atomic E-state index is 0.0241. The molecule has 0 saturated heterocycles. The number of halogens is 3. The van der Waals surface area contributed by atoms with Crippen molar-refractivity contribution in [2.75, 3.05) is 0 Å². The third-order valence-electron chi connectivity index (χ3n) is 1.80. The maximum Gasteiger partial charge on any atom is 0.248 e. The van der Waals surface area contributed by atoms with E-state index in [1.54, 1.807) is 0 Å². The van der Waals surface area contributed by atoms with Gasteiger partial charge in [-0.15, -0.1) is 0 Å². The molecule has 1 aliphatic rings. The van der Waals surface area contributed by atoms with Crippen LogP contribution in [0.5, 0.6) is 0 Å². The molecule has 0 aliphatic heterocycles. The Kier molecular flexibility index (Phi) is 2.71. The van der Waals surface area contributed by atoms with Crippen LogP contribution in [0.25, 0.3) is 0 Å². The predicted octanol–water partition coefficient (Wildman–Crippen LogP) is 3.30. The van der Waals surface area contributed by atoms with Crippen molar-refractivity contribution in [1.29, 1.82) is 3.56 Å². The molecule has 1 N–H and O–H groups in total. The fraction of sp³-hybridized carbons (Fsp3) is 1.00. The maximum atomic E-state index is 12.5. The highest BCUT2D eigenvalue weighted by Crippen LogP contribution is 2.37. The van der Waals surface area contributed by atoms with Gasteiger partial charge in [0, 0.05) is 16.8 Å². The van der Waals surface area contributed by atoms with Crippen molar-refractivity contribution in [2.45, 2.75) is 35.5 Å². The fourth-order valence-corrected chi connectivity index (χ4v) is 2.36. The minimum atomic E-state index is -2.41. The zero-order chi connectivity index (χ0) is 7.61. The van der Waals surface area contributed by atoms with Crippen molar-refractivity contribution in [2.24, 2.45) is 0 Å². The van der Waals surface area contributed by atoms with E-state index in [9.17, 15) is 8.78 Å². The molecular weight excluding hydrogens is 251 g/mol. The van der Waals surface area contributed by atoms with Crippen LogP contribution in [0.2, 0.25) is 0 Å². The fourth-order valence-electron chi connectivity index (χ4n) is 1.11. The summed E-state index contributed by atoms with van der Waals surface area (Å²) in [6.45, 7) is 0. The van der Waals surface area contributed by atoms with E-state index in [1.165, 1.54) is 0 Å². The maximum absolute atomic E-state index is 12.5. The molecule has 4 heteroatoms. The normalized spacial score (nSPS) is 26.6. The number of alkyl halides is 3. The van der Waals surface area contributed by atoms with Crippen LogP contribution in [0.1, 0.15) is 25.7 Å². The molecule has 0 radical (unpaired) electrons. The van der Waals surface area contributed by atoms with Gasteiger partial charge in [-0.2, -0.15) is 0 Å². The summed E-state index contributed by atoms with van der Waals surface area (Å²) in [5.41, 5.74) is 0. The summed E-state index contributed by atoms with van der Waals surface area (Å²) in [7, 11) is 0. The van der Waals surface area contributed by atoms with Crippen molar-refractivity contribution < 1.29 is 8.78 Å². The van der Waals surface area contributed by atoms with Crippen molar-refractivity contribution in [1.82, 2.24) is 0 Å². The molecule has 0 heterocycles. The van der Waals surface area contributed by atoms with E-state index in [0.29, 0.717) is 16.8 Å². The third kappa shape index (κ3) is 2.21. The van der Waals surface area contributed by atoms with E-state index < -0.39 is 27.0 Å². The largest absolute Gasteiger partial charge is 0.278 e. The second-order valence-corrected chi connectivity index (χ2v) is 5.02. The molecule has 10 heavy (non-hydrogen) atoms. The topological polar surface area (TPSA) is 23.9 Å². The molecule has 0 amide bonds. The monoisotopic (exact) mass is 261 g/mol. The van der Waals surface area contributed by atoms with Crippen LogP contribution in [0.3, 0.4) is 0 Å². The van der Waals surface area contributed by atoms with Gasteiger partial charge < -0.3 is 0 Å². The Balaban J connectivity index is 2.38. The molecule has 0 atom stereocenters. The third-order valence-corrected chi connectivity index (χ3v) is 3.93. The number of hydrogen-bond donors (Lipinski definition) is 1. The van der Waals surface area contributed by atoms with Crippen molar-refractivity contribution in [3.8, 4) is 0 Å². The molecule has 1 fully saturated rings. The lowest BCUT2D eigenvalue weighted by atomic mass is 9.97. The van der Waals surface area contributed by atoms with Crippen LogP contribution >= 0.6 is 21.0 Å². The first-order valence-electron chi connectivity index (χ1n) is 3.31. The Morgan fingerprint density at radius 3 is 2.20 bits per heavy atom. The van der Waals surface area contributed by atoms with Gasteiger partial charge in [0.1, 0.15) is 0 Å². The lowest BCUT2D eigenvalue weighted by Crippen LogP contribution is -2.24. The van der Waals surface area contributed by atoms with Gasteiger partial charge in [-0.3, -0.25) is 3.56 Å². The molecule has 0 aromatic carbocycles. The molecule has 1 aliphatic carbocycles. The molecule has 0 aromatic heterocycles. The van der Waals surface area contributed by atoms with Crippen LogP contribution < -0.4 is 0 Å². The van der Waals surface area contributed by atoms with E-state index in [4.69, 9.17) is 3.56 Å². The van der Waals surface area contributed by atoms with Gasteiger partial charge in [0.25, 0.3) is 0 Å². The predicted molar refractivity (Wildman–Crippen MR) is 43.9 cm³/mol. The second kappa shape index (κ2) is 3.19. The highest BCUT2D eigenvalue weighted by Gasteiger charge is 2.34. The first-order chi connectivity index (χ1) is 4.64. The molecule has 60 valence electrons. The van der Waals surface area contributed by atoms with Gasteiger partial charge in [-0.1, -0.05) is 0 Å². The zero-order valence-electron chi connectivity index (χ0n) is 5.54. The van der Waals surface area contributed by atoms with Crippen LogP contribution in [0.4, 0.5) is 8.78 Å². The number of rotatable bonds is 1. The van der Waals surface area contributed by atoms with Gasteiger partial charge >= 0.3 is 0 Å². The lowest BCUT2D eigenvalue weighted by Gasteiger charge is -2.24. The van der Waals surface area contributed by atoms with Gasteiger partial charge in [-0.25, -0.2) is 8.78 Å². The Bertz CT molecular complexity index is 128. The van der Waals surface area contributed by atoms with Crippen molar-refractivity contribution in [3.63, 3.8) is 0 Å². The molecule has 1 saturated carbocycles. The summed E-state index contributed by atoms with van der Waals surface area (Å²) in [4.78, 5) is 0. The van der Waals surface area contributed by atoms with Gasteiger partial charge in [-0.05, 0) is 33.9 Å². The Labute approximate surface area is 69.1 Å². The zero-order valence-corrected chi connectivity index (χ0v) is 7.70. The number of hydrogen-bond acceptors (Lipinski definition) is 1.